The lowest BCUT2D eigenvalue weighted by molar-refractivity contribution is -0.121. The predicted octanol–water partition coefficient (Wildman–Crippen LogP) is 3.22. The number of nitrogens with one attached hydrogen (secondary N) is 1. The molecule has 8 heteroatoms. The second-order valence-corrected chi connectivity index (χ2v) is 6.49. The summed E-state index contributed by atoms with van der Waals surface area (Å²) in [6.45, 7) is 5.74. The number of hydrogen-bond acceptors (Lipinski definition) is 7. The van der Waals surface area contributed by atoms with E-state index < -0.39 is 0 Å². The van der Waals surface area contributed by atoms with Crippen molar-refractivity contribution in [1.29, 1.82) is 0 Å². The Bertz CT molecular complexity index is 970. The van der Waals surface area contributed by atoms with E-state index in [0.29, 0.717) is 41.5 Å². The molecule has 1 aromatic carbocycles. The Kier molecular flexibility index (Phi) is 5.67. The average Bonchev–Trinajstić information content (AvgIpc) is 3.20. The molecule has 0 aliphatic carbocycles. The number of ether oxygens (including phenoxy) is 1. The van der Waals surface area contributed by atoms with Crippen molar-refractivity contribution in [1.82, 2.24) is 15.5 Å². The fraction of sp³-hybridized carbons (Fsp3) is 0.350. The van der Waals surface area contributed by atoms with Crippen molar-refractivity contribution >= 4 is 5.91 Å². The normalized spacial score (nSPS) is 10.9. The zero-order chi connectivity index (χ0) is 20.3. The third kappa shape index (κ3) is 4.16. The van der Waals surface area contributed by atoms with Crippen molar-refractivity contribution in [3.8, 4) is 23.0 Å². The van der Waals surface area contributed by atoms with E-state index in [0.717, 1.165) is 17.0 Å². The summed E-state index contributed by atoms with van der Waals surface area (Å²) in [6, 6.07) is 4.91. The van der Waals surface area contributed by atoms with Crippen molar-refractivity contribution in [2.75, 3.05) is 7.11 Å². The summed E-state index contributed by atoms with van der Waals surface area (Å²) < 4.78 is 15.8. The Balaban J connectivity index is 1.61. The summed E-state index contributed by atoms with van der Waals surface area (Å²) >= 11 is 0. The first-order valence-electron chi connectivity index (χ1n) is 8.91. The largest absolute Gasteiger partial charge is 0.504 e. The van der Waals surface area contributed by atoms with Crippen LogP contribution in [-0.2, 0) is 17.8 Å². The van der Waals surface area contributed by atoms with Crippen LogP contribution >= 0.6 is 0 Å². The Morgan fingerprint density at radius 1 is 1.25 bits per heavy atom. The summed E-state index contributed by atoms with van der Waals surface area (Å²) in [6.07, 6.45) is 0.903. The number of carbonyl (C=O) groups is 1. The van der Waals surface area contributed by atoms with Crippen LogP contribution in [0.5, 0.6) is 11.5 Å². The fourth-order valence-electron chi connectivity index (χ4n) is 2.91. The molecule has 3 aromatic rings. The van der Waals surface area contributed by atoms with Gasteiger partial charge in [-0.25, -0.2) is 4.98 Å². The van der Waals surface area contributed by atoms with Gasteiger partial charge in [0, 0.05) is 17.5 Å². The van der Waals surface area contributed by atoms with Crippen LogP contribution in [0.4, 0.5) is 0 Å². The number of carbonyl (C=O) groups excluding carboxylic acids is 1. The summed E-state index contributed by atoms with van der Waals surface area (Å²) in [5, 5.41) is 16.7. The topological polar surface area (TPSA) is 111 Å². The molecule has 0 aliphatic rings. The molecule has 1 amide bonds. The average molecular weight is 385 g/mol. The quantitative estimate of drug-likeness (QED) is 0.642. The summed E-state index contributed by atoms with van der Waals surface area (Å²) in [4.78, 5) is 16.6. The Morgan fingerprint density at radius 3 is 2.68 bits per heavy atom. The molecule has 3 rings (SSSR count). The lowest BCUT2D eigenvalue weighted by Crippen LogP contribution is -2.23. The van der Waals surface area contributed by atoms with Crippen molar-refractivity contribution in [2.45, 2.75) is 40.2 Å². The highest BCUT2D eigenvalue weighted by Crippen LogP contribution is 2.31. The van der Waals surface area contributed by atoms with Gasteiger partial charge in [0.1, 0.15) is 17.2 Å². The van der Waals surface area contributed by atoms with E-state index in [1.54, 1.807) is 19.1 Å². The van der Waals surface area contributed by atoms with Gasteiger partial charge >= 0.3 is 0 Å². The summed E-state index contributed by atoms with van der Waals surface area (Å²) in [5.41, 5.74) is 3.03. The van der Waals surface area contributed by atoms with Crippen molar-refractivity contribution in [3.05, 3.63) is 46.7 Å². The first-order valence-corrected chi connectivity index (χ1v) is 8.91. The minimum absolute atomic E-state index is 0.00466. The molecule has 0 aliphatic heterocycles. The van der Waals surface area contributed by atoms with Crippen LogP contribution in [0.25, 0.3) is 11.5 Å². The molecular formula is C20H23N3O5. The molecule has 0 radical (unpaired) electrons. The number of phenols is 1. The number of benzene rings is 1. The first-order chi connectivity index (χ1) is 13.4. The number of rotatable bonds is 7. The molecule has 8 nitrogen and oxygen atoms in total. The molecule has 0 fully saturated rings. The second-order valence-electron chi connectivity index (χ2n) is 6.49. The van der Waals surface area contributed by atoms with Gasteiger partial charge in [-0.2, -0.15) is 0 Å². The van der Waals surface area contributed by atoms with E-state index in [4.69, 9.17) is 13.7 Å². The van der Waals surface area contributed by atoms with Gasteiger partial charge in [0.25, 0.3) is 0 Å². The van der Waals surface area contributed by atoms with Crippen molar-refractivity contribution < 1.29 is 23.6 Å². The lowest BCUT2D eigenvalue weighted by Gasteiger charge is -2.04. The number of hydrogen-bond donors (Lipinski definition) is 2. The molecule has 0 spiro atoms. The highest BCUT2D eigenvalue weighted by Gasteiger charge is 2.15. The Labute approximate surface area is 162 Å². The number of phenolic OH excluding ortho intramolecular Hbond substituents is 1. The second kappa shape index (κ2) is 8.16. The molecule has 148 valence electrons. The maximum Gasteiger partial charge on any atom is 0.226 e. The van der Waals surface area contributed by atoms with Gasteiger partial charge in [-0.15, -0.1) is 0 Å². The molecule has 0 bridgehead atoms. The van der Waals surface area contributed by atoms with Gasteiger partial charge in [0.05, 0.1) is 19.3 Å². The van der Waals surface area contributed by atoms with Crippen LogP contribution < -0.4 is 10.1 Å². The maximum absolute atomic E-state index is 12.2. The molecular weight excluding hydrogens is 362 g/mol. The third-order valence-corrected chi connectivity index (χ3v) is 4.55. The van der Waals surface area contributed by atoms with Gasteiger partial charge in [-0.1, -0.05) is 5.16 Å². The van der Waals surface area contributed by atoms with Crippen LogP contribution in [0.15, 0.2) is 27.1 Å². The standard InChI is InChI=1S/C20H23N3O5/c1-11-15(12(2)28-23-11)6-8-19(25)21-10-16-13(3)27-20(22-16)14-5-7-18(26-4)17(24)9-14/h5,7,9,24H,6,8,10H2,1-4H3,(H,21,25). The molecule has 0 saturated carbocycles. The van der Waals surface area contributed by atoms with Crippen LogP contribution in [0, 0.1) is 20.8 Å². The number of amides is 1. The SMILES string of the molecule is COc1ccc(-c2nc(CNC(=O)CCc3c(C)noc3C)c(C)o2)cc1O. The van der Waals surface area contributed by atoms with E-state index in [1.165, 1.54) is 13.2 Å². The highest BCUT2D eigenvalue weighted by atomic mass is 16.5. The van der Waals surface area contributed by atoms with Gasteiger partial charge in [0.15, 0.2) is 11.5 Å². The van der Waals surface area contributed by atoms with Gasteiger partial charge in [0.2, 0.25) is 11.8 Å². The van der Waals surface area contributed by atoms with Crippen molar-refractivity contribution in [3.63, 3.8) is 0 Å². The molecule has 28 heavy (non-hydrogen) atoms. The highest BCUT2D eigenvalue weighted by molar-refractivity contribution is 5.76. The van der Waals surface area contributed by atoms with E-state index in [-0.39, 0.29) is 18.2 Å². The molecule has 2 aromatic heterocycles. The van der Waals surface area contributed by atoms with Crippen LogP contribution in [0.3, 0.4) is 0 Å². The van der Waals surface area contributed by atoms with Crippen molar-refractivity contribution in [2.24, 2.45) is 0 Å². The minimum atomic E-state index is -0.0916. The summed E-state index contributed by atoms with van der Waals surface area (Å²) in [5.74, 6) is 2.01. The van der Waals surface area contributed by atoms with Gasteiger partial charge in [-0.3, -0.25) is 4.79 Å². The number of methoxy groups -OCH3 is 1. The van der Waals surface area contributed by atoms with E-state index in [9.17, 15) is 9.90 Å². The number of aryl methyl sites for hydroxylation is 3. The van der Waals surface area contributed by atoms with E-state index >= 15 is 0 Å². The molecule has 0 atom stereocenters. The Morgan fingerprint density at radius 2 is 2.04 bits per heavy atom. The third-order valence-electron chi connectivity index (χ3n) is 4.55. The number of aromatic hydroxyl groups is 1. The molecule has 2 N–H and O–H groups in total. The molecule has 2 heterocycles. The number of aromatic nitrogens is 2. The smallest absolute Gasteiger partial charge is 0.226 e. The molecule has 0 unspecified atom stereocenters. The molecule has 0 saturated heterocycles. The fourth-order valence-corrected chi connectivity index (χ4v) is 2.91. The zero-order valence-corrected chi connectivity index (χ0v) is 16.3. The number of nitrogens with zero attached hydrogens (tertiary/aromatic N) is 2. The van der Waals surface area contributed by atoms with E-state index in [2.05, 4.69) is 15.5 Å². The van der Waals surface area contributed by atoms with Crippen LogP contribution in [0.2, 0.25) is 0 Å². The maximum atomic E-state index is 12.2. The van der Waals surface area contributed by atoms with E-state index in [1.807, 2.05) is 13.8 Å². The predicted molar refractivity (Wildman–Crippen MR) is 101 cm³/mol. The van der Waals surface area contributed by atoms with Gasteiger partial charge in [-0.05, 0) is 45.4 Å². The van der Waals surface area contributed by atoms with Gasteiger partial charge < -0.3 is 24.1 Å². The minimum Gasteiger partial charge on any atom is -0.504 e. The van der Waals surface area contributed by atoms with Crippen LogP contribution in [0.1, 0.15) is 34.9 Å². The number of oxazole rings is 1. The Hall–Kier alpha value is -3.29. The van der Waals surface area contributed by atoms with Crippen LogP contribution in [-0.4, -0.2) is 28.3 Å². The lowest BCUT2D eigenvalue weighted by atomic mass is 10.1. The zero-order valence-electron chi connectivity index (χ0n) is 16.3. The monoisotopic (exact) mass is 385 g/mol. The summed E-state index contributed by atoms with van der Waals surface area (Å²) in [7, 11) is 1.48. The first kappa shape index (κ1) is 19.5.